The van der Waals surface area contributed by atoms with Gasteiger partial charge in [-0.15, -0.1) is 0 Å². The molecule has 0 aliphatic heterocycles. The lowest BCUT2D eigenvalue weighted by Gasteiger charge is -2.10. The van der Waals surface area contributed by atoms with Crippen molar-refractivity contribution in [3.8, 4) is 16.9 Å². The second-order valence-electron chi connectivity index (χ2n) is 5.81. The number of halogens is 5. The minimum Gasteiger partial charge on any atom is -0.415 e. The summed E-state index contributed by atoms with van der Waals surface area (Å²) < 4.78 is 94.8. The Hall–Kier alpha value is -2.95. The highest BCUT2D eigenvalue weighted by Crippen LogP contribution is 2.31. The highest BCUT2D eigenvalue weighted by molar-refractivity contribution is 7.90. The molecule has 3 rings (SSSR count). The summed E-state index contributed by atoms with van der Waals surface area (Å²) in [6, 6.07) is 4.80. The van der Waals surface area contributed by atoms with E-state index in [1.807, 2.05) is 0 Å². The molecule has 0 aliphatic carbocycles. The van der Waals surface area contributed by atoms with Crippen molar-refractivity contribution in [3.63, 3.8) is 0 Å². The minimum absolute atomic E-state index is 0.0465. The normalized spacial score (nSPS) is 12.4. The summed E-state index contributed by atoms with van der Waals surface area (Å²) >= 11 is 0. The lowest BCUT2D eigenvalue weighted by atomic mass is 10.1. The first-order chi connectivity index (χ1) is 12.9. The zero-order valence-electron chi connectivity index (χ0n) is 13.9. The van der Waals surface area contributed by atoms with Crippen LogP contribution in [-0.2, 0) is 16.0 Å². The fraction of sp³-hybridized carbons (Fsp3) is 0.118. The Morgan fingerprint density at radius 2 is 1.54 bits per heavy atom. The van der Waals surface area contributed by atoms with Gasteiger partial charge in [-0.1, -0.05) is 0 Å². The molecular weight excluding hydrogens is 409 g/mol. The molecule has 3 aromatic rings. The maximum Gasteiger partial charge on any atom is 0.424 e. The van der Waals surface area contributed by atoms with Gasteiger partial charge in [0, 0.05) is 11.8 Å². The topological polar surface area (TPSA) is 69.3 Å². The number of rotatable bonds is 3. The van der Waals surface area contributed by atoms with Gasteiger partial charge in [-0.05, 0) is 36.4 Å². The molecule has 0 fully saturated rings. The van der Waals surface area contributed by atoms with Crippen LogP contribution in [0.2, 0.25) is 0 Å². The van der Waals surface area contributed by atoms with Crippen LogP contribution in [0, 0.1) is 11.6 Å². The van der Waals surface area contributed by atoms with E-state index in [0.717, 1.165) is 35.1 Å². The second-order valence-corrected chi connectivity index (χ2v) is 7.76. The van der Waals surface area contributed by atoms with E-state index in [1.165, 1.54) is 0 Å². The molecule has 1 heterocycles. The number of sulfone groups is 1. The molecule has 148 valence electrons. The van der Waals surface area contributed by atoms with Gasteiger partial charge >= 0.3 is 11.9 Å². The van der Waals surface area contributed by atoms with Crippen LogP contribution in [0.3, 0.4) is 0 Å². The minimum atomic E-state index is -4.59. The molecule has 0 amide bonds. The summed E-state index contributed by atoms with van der Waals surface area (Å²) in [4.78, 5) is 10.8. The molecule has 0 aliphatic rings. The quantitative estimate of drug-likeness (QED) is 0.606. The van der Waals surface area contributed by atoms with Crippen molar-refractivity contribution < 1.29 is 34.8 Å². The third kappa shape index (κ3) is 3.57. The van der Waals surface area contributed by atoms with Crippen LogP contribution in [-0.4, -0.2) is 19.2 Å². The Balaban J connectivity index is 2.16. The van der Waals surface area contributed by atoms with Gasteiger partial charge in [0.05, 0.1) is 16.9 Å². The van der Waals surface area contributed by atoms with Gasteiger partial charge < -0.3 is 4.42 Å². The van der Waals surface area contributed by atoms with Crippen molar-refractivity contribution in [2.24, 2.45) is 0 Å². The molecule has 11 heteroatoms. The summed E-state index contributed by atoms with van der Waals surface area (Å²) in [5.74, 6) is -3.78. The van der Waals surface area contributed by atoms with Gasteiger partial charge in [0.1, 0.15) is 22.8 Å². The largest absolute Gasteiger partial charge is 0.424 e. The zero-order valence-corrected chi connectivity index (χ0v) is 14.7. The maximum atomic E-state index is 14.2. The lowest BCUT2D eigenvalue weighted by Crippen LogP contribution is -2.14. The van der Waals surface area contributed by atoms with Gasteiger partial charge in [0.2, 0.25) is 0 Å². The standard InChI is InChI=1S/C17H10F5NO4S/c1-28(25,26)15-12(18)6-9(7-13(15)19)14-8-27-16(24)23(14)11-4-2-10(3-5-11)17(20,21)22/h2-8H,1H3. The van der Waals surface area contributed by atoms with Crippen molar-refractivity contribution in [2.75, 3.05) is 6.26 Å². The molecule has 0 radical (unpaired) electrons. The van der Waals surface area contributed by atoms with Gasteiger partial charge in [0.25, 0.3) is 0 Å². The molecule has 0 spiro atoms. The van der Waals surface area contributed by atoms with E-state index in [-0.39, 0.29) is 16.9 Å². The number of hydrogen-bond acceptors (Lipinski definition) is 4. The van der Waals surface area contributed by atoms with Gasteiger partial charge in [-0.25, -0.2) is 26.6 Å². The zero-order chi connectivity index (χ0) is 20.9. The predicted octanol–water partition coefficient (Wildman–Crippen LogP) is 3.80. The van der Waals surface area contributed by atoms with E-state index in [0.29, 0.717) is 18.4 Å². The molecule has 5 nitrogen and oxygen atoms in total. The van der Waals surface area contributed by atoms with Crippen LogP contribution >= 0.6 is 0 Å². The van der Waals surface area contributed by atoms with Crippen LogP contribution in [0.25, 0.3) is 16.9 Å². The maximum absolute atomic E-state index is 14.2. The molecule has 2 aromatic carbocycles. The van der Waals surface area contributed by atoms with Crippen LogP contribution in [0.1, 0.15) is 5.56 Å². The van der Waals surface area contributed by atoms with E-state index in [9.17, 15) is 35.2 Å². The van der Waals surface area contributed by atoms with Crippen molar-refractivity contribution in [2.45, 2.75) is 11.1 Å². The van der Waals surface area contributed by atoms with E-state index in [4.69, 9.17) is 4.42 Å². The second kappa shape index (κ2) is 6.59. The molecule has 1 aromatic heterocycles. The number of oxazole rings is 1. The first-order valence-electron chi connectivity index (χ1n) is 7.47. The Morgan fingerprint density at radius 1 is 1.00 bits per heavy atom. The Labute approximate surface area is 154 Å². The van der Waals surface area contributed by atoms with Crippen molar-refractivity contribution in [3.05, 3.63) is 70.4 Å². The molecule has 0 saturated carbocycles. The Bertz CT molecular complexity index is 1180. The summed E-state index contributed by atoms with van der Waals surface area (Å²) in [5.41, 5.74) is -1.42. The Kier molecular flexibility index (Phi) is 4.66. The van der Waals surface area contributed by atoms with Crippen LogP contribution < -0.4 is 5.76 Å². The predicted molar refractivity (Wildman–Crippen MR) is 87.8 cm³/mol. The third-order valence-corrected chi connectivity index (χ3v) is 4.94. The van der Waals surface area contributed by atoms with Gasteiger partial charge in [-0.3, -0.25) is 0 Å². The summed E-state index contributed by atoms with van der Waals surface area (Å²) in [7, 11) is -4.19. The number of alkyl halides is 3. The molecule has 0 unspecified atom stereocenters. The average molecular weight is 419 g/mol. The summed E-state index contributed by atoms with van der Waals surface area (Å²) in [5, 5.41) is 0. The van der Waals surface area contributed by atoms with E-state index < -0.39 is 43.9 Å². The van der Waals surface area contributed by atoms with Crippen LogP contribution in [0.5, 0.6) is 0 Å². The highest BCUT2D eigenvalue weighted by atomic mass is 32.2. The molecular formula is C17H10F5NO4S. The third-order valence-electron chi connectivity index (χ3n) is 3.81. The summed E-state index contributed by atoms with van der Waals surface area (Å²) in [6.45, 7) is 0. The molecule has 0 bridgehead atoms. The lowest BCUT2D eigenvalue weighted by molar-refractivity contribution is -0.137. The monoisotopic (exact) mass is 419 g/mol. The van der Waals surface area contributed by atoms with E-state index in [2.05, 4.69) is 0 Å². The van der Waals surface area contributed by atoms with Crippen LogP contribution in [0.4, 0.5) is 22.0 Å². The van der Waals surface area contributed by atoms with E-state index >= 15 is 0 Å². The smallest absolute Gasteiger partial charge is 0.415 e. The van der Waals surface area contributed by atoms with Crippen molar-refractivity contribution in [1.82, 2.24) is 4.57 Å². The first-order valence-corrected chi connectivity index (χ1v) is 9.36. The summed E-state index contributed by atoms with van der Waals surface area (Å²) in [6.07, 6.45) is -3.10. The Morgan fingerprint density at radius 3 is 2.00 bits per heavy atom. The van der Waals surface area contributed by atoms with Gasteiger partial charge in [0.15, 0.2) is 9.84 Å². The van der Waals surface area contributed by atoms with Gasteiger partial charge in [-0.2, -0.15) is 13.2 Å². The van der Waals surface area contributed by atoms with E-state index in [1.54, 1.807) is 0 Å². The molecule has 0 N–H and O–H groups in total. The SMILES string of the molecule is CS(=O)(=O)c1c(F)cc(-c2coc(=O)n2-c2ccc(C(F)(F)F)cc2)cc1F. The number of aromatic nitrogens is 1. The number of nitrogens with zero attached hydrogens (tertiary/aromatic N) is 1. The molecule has 0 atom stereocenters. The fourth-order valence-electron chi connectivity index (χ4n) is 2.61. The number of hydrogen-bond donors (Lipinski definition) is 0. The molecule has 0 saturated heterocycles. The van der Waals surface area contributed by atoms with Crippen molar-refractivity contribution >= 4 is 9.84 Å². The first kappa shape index (κ1) is 19.8. The van der Waals surface area contributed by atoms with Crippen molar-refractivity contribution in [1.29, 1.82) is 0 Å². The highest BCUT2D eigenvalue weighted by Gasteiger charge is 2.30. The average Bonchev–Trinajstić information content (AvgIpc) is 2.93. The fourth-order valence-corrected chi connectivity index (χ4v) is 3.44. The molecule has 28 heavy (non-hydrogen) atoms. The van der Waals surface area contributed by atoms with Crippen LogP contribution in [0.15, 0.2) is 56.8 Å². The number of benzene rings is 2.